The number of hydrogen-bond donors (Lipinski definition) is 2. The summed E-state index contributed by atoms with van der Waals surface area (Å²) in [6.07, 6.45) is 5.84. The zero-order chi connectivity index (χ0) is 25.6. The first-order valence-electron chi connectivity index (χ1n) is 13.1. The Balaban J connectivity index is 1.79. The number of carboxylic acid groups (broad SMARTS) is 1. The smallest absolute Gasteiger partial charge is 0.408 e. The summed E-state index contributed by atoms with van der Waals surface area (Å²) < 4.78 is 6.03. The second-order valence-electron chi connectivity index (χ2n) is 13.7. The zero-order valence-electron chi connectivity index (χ0n) is 22.4. The number of hydrogen-bond acceptors (Lipinski definition) is 4. The van der Waals surface area contributed by atoms with Crippen LogP contribution >= 0.6 is 0 Å². The quantitative estimate of drug-likeness (QED) is 0.602. The van der Waals surface area contributed by atoms with Gasteiger partial charge in [0, 0.05) is 31.8 Å². The van der Waals surface area contributed by atoms with Crippen molar-refractivity contribution in [3.05, 3.63) is 23.6 Å². The van der Waals surface area contributed by atoms with Gasteiger partial charge in [-0.2, -0.15) is 0 Å². The van der Waals surface area contributed by atoms with Crippen molar-refractivity contribution in [2.75, 3.05) is 26.7 Å². The molecule has 0 aliphatic carbocycles. The van der Waals surface area contributed by atoms with Crippen molar-refractivity contribution in [2.45, 2.75) is 85.0 Å². The molecule has 4 saturated heterocycles. The summed E-state index contributed by atoms with van der Waals surface area (Å²) in [6, 6.07) is -0.103. The van der Waals surface area contributed by atoms with Crippen molar-refractivity contribution in [2.24, 2.45) is 22.2 Å². The number of likely N-dealkylation sites (N-methyl/N-ethyl adjacent to an activating group) is 1. The first-order valence-corrected chi connectivity index (χ1v) is 13.1. The number of urea groups is 1. The molecule has 8 heteroatoms. The van der Waals surface area contributed by atoms with Gasteiger partial charge in [0.2, 0.25) is 6.23 Å². The third kappa shape index (κ3) is 3.42. The summed E-state index contributed by atoms with van der Waals surface area (Å²) >= 11 is 0. The van der Waals surface area contributed by atoms with Crippen molar-refractivity contribution in [3.63, 3.8) is 0 Å². The maximum absolute atomic E-state index is 13.5. The topological polar surface area (TPSA) is 85.4 Å². The van der Waals surface area contributed by atoms with Gasteiger partial charge in [-0.1, -0.05) is 41.5 Å². The predicted octanol–water partition coefficient (Wildman–Crippen LogP) is 4.45. The molecule has 3 amide bonds. The minimum atomic E-state index is -0.854. The molecule has 2 N–H and O–H groups in total. The van der Waals surface area contributed by atoms with Crippen molar-refractivity contribution in [1.29, 1.82) is 0 Å². The normalized spacial score (nSPS) is 36.9. The maximum Gasteiger partial charge on any atom is 0.408 e. The van der Waals surface area contributed by atoms with Gasteiger partial charge in [0.25, 0.3) is 0 Å². The van der Waals surface area contributed by atoms with E-state index in [-0.39, 0.29) is 34.2 Å². The zero-order valence-corrected chi connectivity index (χ0v) is 22.4. The van der Waals surface area contributed by atoms with E-state index in [1.165, 1.54) is 0 Å². The highest BCUT2D eigenvalue weighted by molar-refractivity contribution is 5.82. The standard InChI is InChI=1S/C27H42N4O4/c1-24(2,3)16-30-19-18(9-13-35-20(19)29(7)22(30)32)27-10-8-17(31(27)23(33)34)14-26(11-12-28-15-26)21(27)25(4,5)6/h9,13,17,20-21,28H,8,10-12,14-16H2,1-7H3,(H,33,34). The number of nitrogens with zero attached hydrogens (tertiary/aromatic N) is 3. The Hall–Kier alpha value is -2.22. The van der Waals surface area contributed by atoms with Gasteiger partial charge in [-0.3, -0.25) is 14.7 Å². The second kappa shape index (κ2) is 7.64. The number of carbonyl (C=O) groups excluding carboxylic acids is 1. The van der Waals surface area contributed by atoms with E-state index in [0.29, 0.717) is 6.54 Å². The Bertz CT molecular complexity index is 984. The molecule has 2 bridgehead atoms. The molecule has 0 saturated carbocycles. The average Bonchev–Trinajstić information content (AvgIpc) is 3.37. The molecular weight excluding hydrogens is 444 g/mol. The minimum absolute atomic E-state index is 0.0142. The molecule has 0 aromatic carbocycles. The van der Waals surface area contributed by atoms with E-state index in [1.54, 1.807) is 23.1 Å². The van der Waals surface area contributed by atoms with Crippen molar-refractivity contribution < 1.29 is 19.4 Å². The summed E-state index contributed by atoms with van der Waals surface area (Å²) in [6.45, 7) is 15.6. The second-order valence-corrected chi connectivity index (χ2v) is 13.7. The van der Waals surface area contributed by atoms with E-state index >= 15 is 0 Å². The first-order chi connectivity index (χ1) is 16.2. The fourth-order valence-electron chi connectivity index (χ4n) is 8.50. The molecule has 5 unspecified atom stereocenters. The number of piperidine rings is 1. The Labute approximate surface area is 209 Å². The van der Waals surface area contributed by atoms with Gasteiger partial charge in [-0.05, 0) is 60.5 Å². The highest BCUT2D eigenvalue weighted by Crippen LogP contribution is 2.66. The first kappa shape index (κ1) is 24.5. The SMILES string of the molecule is CN1C(=O)N(CC(C)(C)C)C2=C(C34CCC(CC5(CCNC5)C3C(C)(C)C)N4C(=O)O)C=COC21. The summed E-state index contributed by atoms with van der Waals surface area (Å²) in [4.78, 5) is 31.8. The van der Waals surface area contributed by atoms with Crippen molar-refractivity contribution in [1.82, 2.24) is 20.0 Å². The van der Waals surface area contributed by atoms with Gasteiger partial charge >= 0.3 is 12.1 Å². The summed E-state index contributed by atoms with van der Waals surface area (Å²) in [5.74, 6) is 0.0933. The van der Waals surface area contributed by atoms with E-state index in [2.05, 4.69) is 46.9 Å². The Morgan fingerprint density at radius 1 is 1.23 bits per heavy atom. The van der Waals surface area contributed by atoms with Crippen LogP contribution in [-0.2, 0) is 4.74 Å². The molecule has 194 valence electrons. The van der Waals surface area contributed by atoms with Crippen LogP contribution in [-0.4, -0.2) is 76.4 Å². The van der Waals surface area contributed by atoms with Crippen molar-refractivity contribution >= 4 is 12.1 Å². The predicted molar refractivity (Wildman–Crippen MR) is 133 cm³/mol. The molecule has 5 atom stereocenters. The third-order valence-corrected chi connectivity index (χ3v) is 8.96. The molecule has 0 aromatic rings. The van der Waals surface area contributed by atoms with Gasteiger partial charge in [0.15, 0.2) is 0 Å². The fraction of sp³-hybridized carbons (Fsp3) is 0.778. The van der Waals surface area contributed by atoms with E-state index in [4.69, 9.17) is 4.74 Å². The molecule has 1 spiro atoms. The Morgan fingerprint density at radius 3 is 2.51 bits per heavy atom. The highest BCUT2D eigenvalue weighted by atomic mass is 16.5. The molecule has 35 heavy (non-hydrogen) atoms. The number of amides is 3. The Morgan fingerprint density at radius 2 is 1.94 bits per heavy atom. The lowest BCUT2D eigenvalue weighted by Gasteiger charge is -2.62. The van der Waals surface area contributed by atoms with E-state index < -0.39 is 17.9 Å². The number of carbonyl (C=O) groups is 2. The lowest BCUT2D eigenvalue weighted by molar-refractivity contribution is -0.0927. The number of ether oxygens (including phenoxy) is 1. The van der Waals surface area contributed by atoms with Gasteiger partial charge in [0.1, 0.15) is 0 Å². The van der Waals surface area contributed by atoms with E-state index in [0.717, 1.165) is 50.0 Å². The molecule has 4 fully saturated rings. The third-order valence-electron chi connectivity index (χ3n) is 8.96. The van der Waals surface area contributed by atoms with Crippen molar-refractivity contribution in [3.8, 4) is 0 Å². The van der Waals surface area contributed by atoms with Crippen LogP contribution in [0.25, 0.3) is 0 Å². The van der Waals surface area contributed by atoms with Gasteiger partial charge in [-0.25, -0.2) is 9.59 Å². The molecule has 8 nitrogen and oxygen atoms in total. The summed E-state index contributed by atoms with van der Waals surface area (Å²) in [7, 11) is 1.78. The number of fused-ring (bicyclic) bond motifs is 3. The number of nitrogens with one attached hydrogen (secondary N) is 1. The highest BCUT2D eigenvalue weighted by Gasteiger charge is 2.69. The summed E-state index contributed by atoms with van der Waals surface area (Å²) in [5.41, 5.74) is 0.830. The van der Waals surface area contributed by atoms with E-state index in [9.17, 15) is 14.7 Å². The summed E-state index contributed by atoms with van der Waals surface area (Å²) in [5, 5.41) is 14.3. The lowest BCUT2D eigenvalue weighted by atomic mass is 9.51. The molecule has 0 radical (unpaired) electrons. The van der Waals surface area contributed by atoms with Crippen LogP contribution in [0, 0.1) is 22.2 Å². The molecule has 5 heterocycles. The van der Waals surface area contributed by atoms with Gasteiger partial charge in [-0.15, -0.1) is 0 Å². The largest absolute Gasteiger partial charge is 0.472 e. The number of rotatable bonds is 2. The van der Waals surface area contributed by atoms with Crippen LogP contribution in [0.4, 0.5) is 9.59 Å². The molecular formula is C27H42N4O4. The molecule has 5 aliphatic heterocycles. The van der Waals surface area contributed by atoms with Crippen LogP contribution in [0.2, 0.25) is 0 Å². The molecule has 5 aliphatic rings. The lowest BCUT2D eigenvalue weighted by Crippen LogP contribution is -2.68. The van der Waals surface area contributed by atoms with Gasteiger partial charge in [0.05, 0.1) is 17.5 Å². The van der Waals surface area contributed by atoms with Crippen LogP contribution in [0.5, 0.6) is 0 Å². The van der Waals surface area contributed by atoms with E-state index in [1.807, 2.05) is 11.0 Å². The Kier molecular flexibility index (Phi) is 5.34. The maximum atomic E-state index is 13.5. The van der Waals surface area contributed by atoms with Crippen LogP contribution in [0.3, 0.4) is 0 Å². The minimum Gasteiger partial charge on any atom is -0.472 e. The molecule has 0 aromatic heterocycles. The van der Waals surface area contributed by atoms with Gasteiger partial charge < -0.3 is 15.2 Å². The fourth-order valence-corrected chi connectivity index (χ4v) is 8.50. The monoisotopic (exact) mass is 486 g/mol. The van der Waals surface area contributed by atoms with Crippen LogP contribution < -0.4 is 5.32 Å². The van der Waals surface area contributed by atoms with Crippen LogP contribution in [0.15, 0.2) is 23.6 Å². The molecule has 5 rings (SSSR count). The average molecular weight is 487 g/mol. The van der Waals surface area contributed by atoms with Crippen LogP contribution in [0.1, 0.15) is 67.2 Å².